The molecule has 0 amide bonds. The van der Waals surface area contributed by atoms with Crippen LogP contribution in [0.1, 0.15) is 56.4 Å². The van der Waals surface area contributed by atoms with E-state index in [1.165, 1.54) is 29.8 Å². The summed E-state index contributed by atoms with van der Waals surface area (Å²) < 4.78 is 0. The van der Waals surface area contributed by atoms with E-state index in [4.69, 9.17) is 9.97 Å². The van der Waals surface area contributed by atoms with Crippen LogP contribution in [0.4, 0.5) is 0 Å². The summed E-state index contributed by atoms with van der Waals surface area (Å²) in [5, 5.41) is 3.22. The first-order chi connectivity index (χ1) is 8.64. The number of nitrogens with one attached hydrogen (secondary N) is 1. The van der Waals surface area contributed by atoms with Crippen LogP contribution in [-0.2, 0) is 24.7 Å². The molecule has 2 rings (SSSR count). The van der Waals surface area contributed by atoms with Gasteiger partial charge in [0.05, 0.1) is 0 Å². The summed E-state index contributed by atoms with van der Waals surface area (Å²) in [5.41, 5.74) is 4.18. The predicted octanol–water partition coefficient (Wildman–Crippen LogP) is 2.41. The molecule has 0 radical (unpaired) electrons. The van der Waals surface area contributed by atoms with E-state index in [-0.39, 0.29) is 5.41 Å². The Balaban J connectivity index is 2.38. The highest BCUT2D eigenvalue weighted by Crippen LogP contribution is 2.46. The van der Waals surface area contributed by atoms with E-state index in [2.05, 4.69) is 26.1 Å². The maximum Gasteiger partial charge on any atom is 0.134 e. The van der Waals surface area contributed by atoms with Gasteiger partial charge >= 0.3 is 0 Å². The molecular weight excluding hydrogens is 222 g/mol. The number of aromatic nitrogens is 2. The first kappa shape index (κ1) is 13.5. The number of hydrogen-bond acceptors (Lipinski definition) is 3. The molecule has 3 nitrogen and oxygen atoms in total. The van der Waals surface area contributed by atoms with Crippen LogP contribution in [0.2, 0.25) is 0 Å². The van der Waals surface area contributed by atoms with Crippen molar-refractivity contribution in [1.82, 2.24) is 15.3 Å². The quantitative estimate of drug-likeness (QED) is 0.839. The number of likely N-dealkylation sites (N-methyl/N-ethyl adjacent to an activating group) is 1. The van der Waals surface area contributed by atoms with E-state index < -0.39 is 0 Å². The second kappa shape index (κ2) is 5.35. The van der Waals surface area contributed by atoms with Crippen molar-refractivity contribution in [3.05, 3.63) is 22.8 Å². The molecule has 1 N–H and O–H groups in total. The molecule has 1 aromatic heterocycles. The summed E-state index contributed by atoms with van der Waals surface area (Å²) in [5.74, 6) is 1.09. The molecule has 0 spiro atoms. The van der Waals surface area contributed by atoms with Gasteiger partial charge in [0.15, 0.2) is 0 Å². The number of nitrogens with zero attached hydrogens (tertiary/aromatic N) is 2. The molecule has 0 saturated heterocycles. The van der Waals surface area contributed by atoms with E-state index in [1.54, 1.807) is 0 Å². The van der Waals surface area contributed by atoms with Gasteiger partial charge < -0.3 is 5.32 Å². The molecule has 1 aliphatic carbocycles. The fraction of sp³-hybridized carbons (Fsp3) is 0.733. The SMILES string of the molecule is CCc1nc(C2(C)CC2)nc(CC)c1CCNC. The lowest BCUT2D eigenvalue weighted by Crippen LogP contribution is -2.18. The Labute approximate surface area is 110 Å². The van der Waals surface area contributed by atoms with Crippen molar-refractivity contribution >= 4 is 0 Å². The predicted molar refractivity (Wildman–Crippen MR) is 75.0 cm³/mol. The average Bonchev–Trinajstić information content (AvgIpc) is 3.14. The zero-order valence-electron chi connectivity index (χ0n) is 12.1. The van der Waals surface area contributed by atoms with Crippen LogP contribution in [0.25, 0.3) is 0 Å². The highest BCUT2D eigenvalue weighted by Gasteiger charge is 2.42. The summed E-state index contributed by atoms with van der Waals surface area (Å²) >= 11 is 0. The fourth-order valence-corrected chi connectivity index (χ4v) is 2.39. The van der Waals surface area contributed by atoms with Crippen molar-refractivity contribution in [3.63, 3.8) is 0 Å². The van der Waals surface area contributed by atoms with Crippen molar-refractivity contribution in [2.45, 2.75) is 58.3 Å². The normalized spacial score (nSPS) is 16.9. The van der Waals surface area contributed by atoms with Gasteiger partial charge in [-0.05, 0) is 51.3 Å². The maximum atomic E-state index is 4.85. The van der Waals surface area contributed by atoms with Crippen molar-refractivity contribution in [3.8, 4) is 0 Å². The highest BCUT2D eigenvalue weighted by molar-refractivity contribution is 5.30. The van der Waals surface area contributed by atoms with Gasteiger partial charge in [0.2, 0.25) is 0 Å². The number of aryl methyl sites for hydroxylation is 2. The van der Waals surface area contributed by atoms with Crippen molar-refractivity contribution < 1.29 is 0 Å². The average molecular weight is 247 g/mol. The molecule has 1 aromatic rings. The lowest BCUT2D eigenvalue weighted by Gasteiger charge is -2.16. The Hall–Kier alpha value is -0.960. The third kappa shape index (κ3) is 2.56. The van der Waals surface area contributed by atoms with Gasteiger partial charge in [-0.15, -0.1) is 0 Å². The van der Waals surface area contributed by atoms with Gasteiger partial charge in [0.25, 0.3) is 0 Å². The molecule has 0 aromatic carbocycles. The van der Waals surface area contributed by atoms with Crippen LogP contribution in [-0.4, -0.2) is 23.6 Å². The molecule has 0 aliphatic heterocycles. The van der Waals surface area contributed by atoms with E-state index in [1.807, 2.05) is 7.05 Å². The molecule has 0 unspecified atom stereocenters. The summed E-state index contributed by atoms with van der Waals surface area (Å²) in [4.78, 5) is 9.70. The first-order valence-electron chi connectivity index (χ1n) is 7.18. The van der Waals surface area contributed by atoms with E-state index in [0.717, 1.165) is 31.6 Å². The minimum atomic E-state index is 0.273. The van der Waals surface area contributed by atoms with E-state index >= 15 is 0 Å². The van der Waals surface area contributed by atoms with E-state index in [9.17, 15) is 0 Å². The molecule has 3 heteroatoms. The third-order valence-corrected chi connectivity index (χ3v) is 4.01. The van der Waals surface area contributed by atoms with Crippen LogP contribution in [0.3, 0.4) is 0 Å². The Morgan fingerprint density at radius 2 is 1.67 bits per heavy atom. The van der Waals surface area contributed by atoms with Crippen molar-refractivity contribution in [1.29, 1.82) is 0 Å². The van der Waals surface area contributed by atoms with Crippen LogP contribution >= 0.6 is 0 Å². The second-order valence-electron chi connectivity index (χ2n) is 5.54. The Morgan fingerprint density at radius 3 is 2.06 bits per heavy atom. The number of hydrogen-bond donors (Lipinski definition) is 1. The summed E-state index contributed by atoms with van der Waals surface area (Å²) in [6.45, 7) is 7.68. The molecular formula is C15H25N3. The highest BCUT2D eigenvalue weighted by atomic mass is 14.9. The molecule has 100 valence electrons. The van der Waals surface area contributed by atoms with Crippen LogP contribution in [0.15, 0.2) is 0 Å². The monoisotopic (exact) mass is 247 g/mol. The zero-order chi connectivity index (χ0) is 13.2. The molecule has 1 heterocycles. The smallest absolute Gasteiger partial charge is 0.134 e. The summed E-state index contributed by atoms with van der Waals surface area (Å²) in [6, 6.07) is 0. The standard InChI is InChI=1S/C15H25N3/c1-5-12-11(7-10-16-4)13(6-2)18-14(17-12)15(3)8-9-15/h16H,5-10H2,1-4H3. The fourth-order valence-electron chi connectivity index (χ4n) is 2.39. The molecule has 18 heavy (non-hydrogen) atoms. The van der Waals surface area contributed by atoms with Gasteiger partial charge in [0, 0.05) is 16.8 Å². The molecule has 0 bridgehead atoms. The Morgan fingerprint density at radius 1 is 1.11 bits per heavy atom. The van der Waals surface area contributed by atoms with Gasteiger partial charge in [-0.25, -0.2) is 9.97 Å². The third-order valence-electron chi connectivity index (χ3n) is 4.01. The van der Waals surface area contributed by atoms with Crippen LogP contribution < -0.4 is 5.32 Å². The molecule has 1 fully saturated rings. The maximum absolute atomic E-state index is 4.85. The number of rotatable bonds is 6. The Kier molecular flexibility index (Phi) is 4.00. The van der Waals surface area contributed by atoms with Crippen molar-refractivity contribution in [2.24, 2.45) is 0 Å². The van der Waals surface area contributed by atoms with Crippen LogP contribution in [0.5, 0.6) is 0 Å². The minimum absolute atomic E-state index is 0.273. The van der Waals surface area contributed by atoms with Crippen LogP contribution in [0, 0.1) is 0 Å². The van der Waals surface area contributed by atoms with Gasteiger partial charge in [0.1, 0.15) is 5.82 Å². The summed E-state index contributed by atoms with van der Waals surface area (Å²) in [7, 11) is 2.00. The Bertz CT molecular complexity index is 397. The van der Waals surface area contributed by atoms with Gasteiger partial charge in [-0.2, -0.15) is 0 Å². The second-order valence-corrected chi connectivity index (χ2v) is 5.54. The minimum Gasteiger partial charge on any atom is -0.319 e. The van der Waals surface area contributed by atoms with Crippen molar-refractivity contribution in [2.75, 3.05) is 13.6 Å². The summed E-state index contributed by atoms with van der Waals surface area (Å²) in [6.07, 6.45) is 5.56. The first-order valence-corrected chi connectivity index (χ1v) is 7.18. The molecule has 1 aliphatic rings. The molecule has 0 atom stereocenters. The lowest BCUT2D eigenvalue weighted by molar-refractivity contribution is 0.671. The van der Waals surface area contributed by atoms with Gasteiger partial charge in [-0.1, -0.05) is 20.8 Å². The lowest BCUT2D eigenvalue weighted by atomic mass is 10.0. The van der Waals surface area contributed by atoms with E-state index in [0.29, 0.717) is 0 Å². The molecule has 1 saturated carbocycles. The zero-order valence-corrected chi connectivity index (χ0v) is 12.1. The topological polar surface area (TPSA) is 37.8 Å². The largest absolute Gasteiger partial charge is 0.319 e. The van der Waals surface area contributed by atoms with Gasteiger partial charge in [-0.3, -0.25) is 0 Å².